The Balaban J connectivity index is 2.34. The first kappa shape index (κ1) is 13.1. The van der Waals surface area contributed by atoms with E-state index in [9.17, 15) is 9.90 Å². The van der Waals surface area contributed by atoms with E-state index in [1.807, 2.05) is 13.0 Å². The maximum Gasteiger partial charge on any atom is 0.323 e. The molecule has 0 aromatic heterocycles. The molecule has 18 heavy (non-hydrogen) atoms. The molecule has 0 saturated heterocycles. The van der Waals surface area contributed by atoms with E-state index in [0.29, 0.717) is 0 Å². The van der Waals surface area contributed by atoms with Crippen molar-refractivity contribution in [3.8, 4) is 0 Å². The third-order valence-corrected chi connectivity index (χ3v) is 4.06. The molecule has 0 aliphatic heterocycles. The van der Waals surface area contributed by atoms with Gasteiger partial charge in [0.25, 0.3) is 0 Å². The van der Waals surface area contributed by atoms with Crippen molar-refractivity contribution in [3.63, 3.8) is 0 Å². The number of carboxylic acid groups (broad SMARTS) is 1. The van der Waals surface area contributed by atoms with Crippen LogP contribution in [0.15, 0.2) is 24.3 Å². The summed E-state index contributed by atoms with van der Waals surface area (Å²) in [4.78, 5) is 13.5. The molecule has 1 aliphatic rings. The molecule has 1 unspecified atom stereocenters. The molecule has 0 bridgehead atoms. The smallest absolute Gasteiger partial charge is 0.323 e. The second-order valence-electron chi connectivity index (χ2n) is 5.40. The highest BCUT2D eigenvalue weighted by Crippen LogP contribution is 2.38. The van der Waals surface area contributed by atoms with E-state index < -0.39 is 11.5 Å². The summed E-state index contributed by atoms with van der Waals surface area (Å²) in [5.74, 6) is -0.756. The highest BCUT2D eigenvalue weighted by atomic mass is 16.4. The fraction of sp³-hybridized carbons (Fsp3) is 0.533. The van der Waals surface area contributed by atoms with E-state index in [1.54, 1.807) is 13.8 Å². The van der Waals surface area contributed by atoms with Crippen molar-refractivity contribution in [1.29, 1.82) is 0 Å². The number of carboxylic acids is 1. The third-order valence-electron chi connectivity index (χ3n) is 4.06. The van der Waals surface area contributed by atoms with Crippen LogP contribution in [0.25, 0.3) is 0 Å². The summed E-state index contributed by atoms with van der Waals surface area (Å²) < 4.78 is 0. The van der Waals surface area contributed by atoms with Crippen LogP contribution in [-0.2, 0) is 11.2 Å². The molecule has 3 heteroatoms. The number of nitrogens with zero attached hydrogens (tertiary/aromatic N) is 1. The van der Waals surface area contributed by atoms with E-state index in [4.69, 9.17) is 0 Å². The second-order valence-corrected chi connectivity index (χ2v) is 5.40. The largest absolute Gasteiger partial charge is 0.480 e. The van der Waals surface area contributed by atoms with E-state index in [0.717, 1.165) is 19.4 Å². The Hall–Kier alpha value is -1.35. The maximum atomic E-state index is 11.4. The Labute approximate surface area is 108 Å². The van der Waals surface area contributed by atoms with Gasteiger partial charge in [-0.25, -0.2) is 0 Å². The third kappa shape index (κ3) is 2.03. The predicted octanol–water partition coefficient (Wildman–Crippen LogP) is 2.86. The maximum absolute atomic E-state index is 11.4. The van der Waals surface area contributed by atoms with Gasteiger partial charge in [-0.3, -0.25) is 9.69 Å². The minimum atomic E-state index is -0.823. The van der Waals surface area contributed by atoms with Gasteiger partial charge in [-0.1, -0.05) is 31.2 Å². The minimum Gasteiger partial charge on any atom is -0.480 e. The Morgan fingerprint density at radius 2 is 2.11 bits per heavy atom. The van der Waals surface area contributed by atoms with Gasteiger partial charge in [-0.05, 0) is 44.4 Å². The van der Waals surface area contributed by atoms with Crippen LogP contribution in [-0.4, -0.2) is 28.1 Å². The van der Waals surface area contributed by atoms with Gasteiger partial charge in [0.15, 0.2) is 0 Å². The Morgan fingerprint density at radius 1 is 1.44 bits per heavy atom. The number of rotatable bonds is 4. The molecular formula is C15H21NO2. The average molecular weight is 247 g/mol. The van der Waals surface area contributed by atoms with E-state index in [1.165, 1.54) is 11.1 Å². The van der Waals surface area contributed by atoms with Gasteiger partial charge in [0, 0.05) is 6.04 Å². The molecule has 1 aliphatic carbocycles. The lowest BCUT2D eigenvalue weighted by Crippen LogP contribution is -2.51. The zero-order valence-corrected chi connectivity index (χ0v) is 11.3. The molecule has 0 saturated carbocycles. The molecule has 0 radical (unpaired) electrons. The number of benzene rings is 1. The van der Waals surface area contributed by atoms with Crippen LogP contribution in [0, 0.1) is 0 Å². The molecule has 98 valence electrons. The molecule has 0 heterocycles. The van der Waals surface area contributed by atoms with Gasteiger partial charge in [-0.2, -0.15) is 0 Å². The SMILES string of the molecule is CCN(C1CCc2ccccc21)C(C)(C)C(=O)O. The van der Waals surface area contributed by atoms with Gasteiger partial charge in [0.05, 0.1) is 0 Å². The van der Waals surface area contributed by atoms with Crippen molar-refractivity contribution in [1.82, 2.24) is 4.90 Å². The van der Waals surface area contributed by atoms with Gasteiger partial charge in [0.2, 0.25) is 0 Å². The van der Waals surface area contributed by atoms with Gasteiger partial charge >= 0.3 is 5.97 Å². The number of hydrogen-bond acceptors (Lipinski definition) is 2. The Morgan fingerprint density at radius 3 is 2.72 bits per heavy atom. The van der Waals surface area contributed by atoms with Gasteiger partial charge in [0.1, 0.15) is 5.54 Å². The molecule has 0 fully saturated rings. The molecule has 1 atom stereocenters. The zero-order chi connectivity index (χ0) is 13.3. The number of fused-ring (bicyclic) bond motifs is 1. The van der Waals surface area contributed by atoms with E-state index >= 15 is 0 Å². The summed E-state index contributed by atoms with van der Waals surface area (Å²) in [6.07, 6.45) is 2.07. The van der Waals surface area contributed by atoms with Crippen LogP contribution in [0.1, 0.15) is 44.4 Å². The lowest BCUT2D eigenvalue weighted by molar-refractivity contribution is -0.151. The molecule has 1 aromatic carbocycles. The standard InChI is InChI=1S/C15H21NO2/c1-4-16(15(2,3)14(17)18)13-10-9-11-7-5-6-8-12(11)13/h5-8,13H,4,9-10H2,1-3H3,(H,17,18). The molecule has 2 rings (SSSR count). The number of likely N-dealkylation sites (N-methyl/N-ethyl adjacent to an activating group) is 1. The summed E-state index contributed by atoms with van der Waals surface area (Å²) in [5.41, 5.74) is 1.84. The van der Waals surface area contributed by atoms with Crippen molar-refractivity contribution in [3.05, 3.63) is 35.4 Å². The highest BCUT2D eigenvalue weighted by Gasteiger charge is 2.40. The number of aliphatic carboxylic acids is 1. The van der Waals surface area contributed by atoms with Crippen LogP contribution in [0.3, 0.4) is 0 Å². The summed E-state index contributed by atoms with van der Waals surface area (Å²) >= 11 is 0. The molecule has 1 aromatic rings. The molecule has 1 N–H and O–H groups in total. The molecule has 0 spiro atoms. The first-order chi connectivity index (χ1) is 8.48. The van der Waals surface area contributed by atoms with Crippen LogP contribution < -0.4 is 0 Å². The normalized spacial score (nSPS) is 19.0. The van der Waals surface area contributed by atoms with Crippen molar-refractivity contribution >= 4 is 5.97 Å². The number of aryl methyl sites for hydroxylation is 1. The zero-order valence-electron chi connectivity index (χ0n) is 11.3. The van der Waals surface area contributed by atoms with Crippen LogP contribution in [0.4, 0.5) is 0 Å². The van der Waals surface area contributed by atoms with E-state index in [-0.39, 0.29) is 6.04 Å². The van der Waals surface area contributed by atoms with Crippen molar-refractivity contribution in [2.45, 2.75) is 45.2 Å². The topological polar surface area (TPSA) is 40.5 Å². The molecular weight excluding hydrogens is 226 g/mol. The van der Waals surface area contributed by atoms with Crippen LogP contribution >= 0.6 is 0 Å². The lowest BCUT2D eigenvalue weighted by atomic mass is 9.97. The minimum absolute atomic E-state index is 0.234. The van der Waals surface area contributed by atoms with Crippen molar-refractivity contribution in [2.75, 3.05) is 6.54 Å². The fourth-order valence-electron chi connectivity index (χ4n) is 2.99. The molecule has 3 nitrogen and oxygen atoms in total. The summed E-state index contributed by atoms with van der Waals surface area (Å²) in [5, 5.41) is 9.41. The monoisotopic (exact) mass is 247 g/mol. The highest BCUT2D eigenvalue weighted by molar-refractivity contribution is 5.77. The Bertz CT molecular complexity index is 454. The van der Waals surface area contributed by atoms with Gasteiger partial charge < -0.3 is 5.11 Å². The second kappa shape index (κ2) is 4.73. The molecule has 0 amide bonds. The first-order valence-corrected chi connectivity index (χ1v) is 6.56. The van der Waals surface area contributed by atoms with Crippen molar-refractivity contribution in [2.24, 2.45) is 0 Å². The summed E-state index contributed by atoms with van der Waals surface area (Å²) in [7, 11) is 0. The average Bonchev–Trinajstić information content (AvgIpc) is 2.74. The predicted molar refractivity (Wildman–Crippen MR) is 71.6 cm³/mol. The van der Waals surface area contributed by atoms with Crippen LogP contribution in [0.5, 0.6) is 0 Å². The summed E-state index contributed by atoms with van der Waals surface area (Å²) in [6.45, 7) is 6.36. The number of hydrogen-bond donors (Lipinski definition) is 1. The van der Waals surface area contributed by atoms with Crippen LogP contribution in [0.2, 0.25) is 0 Å². The fourth-order valence-corrected chi connectivity index (χ4v) is 2.99. The first-order valence-electron chi connectivity index (χ1n) is 6.56. The van der Waals surface area contributed by atoms with Gasteiger partial charge in [-0.15, -0.1) is 0 Å². The number of carbonyl (C=O) groups is 1. The quantitative estimate of drug-likeness (QED) is 0.889. The summed E-state index contributed by atoms with van der Waals surface area (Å²) in [6, 6.07) is 8.61. The van der Waals surface area contributed by atoms with E-state index in [2.05, 4.69) is 23.1 Å². The Kier molecular flexibility index (Phi) is 3.44. The van der Waals surface area contributed by atoms with Crippen molar-refractivity contribution < 1.29 is 9.90 Å². The lowest BCUT2D eigenvalue weighted by Gasteiger charge is -2.39.